The summed E-state index contributed by atoms with van der Waals surface area (Å²) >= 11 is 6.22. The second kappa shape index (κ2) is 9.78. The number of halogens is 4. The van der Waals surface area contributed by atoms with E-state index in [0.717, 1.165) is 24.8 Å². The average molecular weight is 510 g/mol. The molecule has 1 fully saturated rings. The van der Waals surface area contributed by atoms with E-state index in [9.17, 15) is 27.6 Å². The second-order valence-corrected chi connectivity index (χ2v) is 8.08. The number of carbonyl (C=O) groups is 2. The molecular weight excluding hydrogens is 487 g/mol. The van der Waals surface area contributed by atoms with Crippen molar-refractivity contribution in [3.05, 3.63) is 15.6 Å². The molecule has 1 aliphatic heterocycles. The molecule has 188 valence electrons. The standard InChI is InChI=1S/C19H23ClF3N5O6/c1-4-5-6-27-12-14(20)25-17(24)26-15(12)28(18(27)31)16-11(32-8(2)29)7-10(34-16)13(19(21,22)23)33-9(3)30/h10-11,13,16H,4-7H2,1-3H3,(H2,24,25,26)/t10-,11+,13+,16+/m0/s1. The van der Waals surface area contributed by atoms with Crippen molar-refractivity contribution in [2.24, 2.45) is 0 Å². The van der Waals surface area contributed by atoms with Crippen LogP contribution in [0.1, 0.15) is 46.3 Å². The van der Waals surface area contributed by atoms with Crippen LogP contribution in [0.25, 0.3) is 11.2 Å². The lowest BCUT2D eigenvalue weighted by molar-refractivity contribution is -0.248. The molecule has 0 spiro atoms. The number of ether oxygens (including phenoxy) is 3. The lowest BCUT2D eigenvalue weighted by Crippen LogP contribution is -2.43. The molecule has 3 heterocycles. The Morgan fingerprint density at radius 3 is 2.53 bits per heavy atom. The average Bonchev–Trinajstić information content (AvgIpc) is 3.20. The molecule has 2 aromatic rings. The maximum atomic E-state index is 13.6. The molecular formula is C19H23ClF3N5O6. The SMILES string of the molecule is CCCCn1c(=O)n([C@@H]2O[C@H]([C@@H](OC(C)=O)C(F)(F)F)C[C@H]2OC(C)=O)c2nc(N)nc(Cl)c21. The lowest BCUT2D eigenvalue weighted by atomic mass is 10.1. The minimum atomic E-state index is -4.98. The number of anilines is 1. The highest BCUT2D eigenvalue weighted by atomic mass is 35.5. The summed E-state index contributed by atoms with van der Waals surface area (Å²) in [6.07, 6.45) is -11.5. The van der Waals surface area contributed by atoms with Crippen molar-refractivity contribution >= 4 is 40.7 Å². The second-order valence-electron chi connectivity index (χ2n) is 7.72. The summed E-state index contributed by atoms with van der Waals surface area (Å²) in [5, 5.41) is -0.138. The van der Waals surface area contributed by atoms with E-state index in [1.165, 1.54) is 4.57 Å². The van der Waals surface area contributed by atoms with Crippen molar-refractivity contribution in [3.8, 4) is 0 Å². The van der Waals surface area contributed by atoms with Crippen molar-refractivity contribution < 1.29 is 37.0 Å². The Bertz CT molecular complexity index is 1150. The van der Waals surface area contributed by atoms with Gasteiger partial charge in [-0.1, -0.05) is 24.9 Å². The number of rotatable bonds is 7. The fourth-order valence-electron chi connectivity index (χ4n) is 3.84. The summed E-state index contributed by atoms with van der Waals surface area (Å²) in [4.78, 5) is 44.3. The van der Waals surface area contributed by atoms with Gasteiger partial charge in [-0.05, 0) is 6.42 Å². The number of imidazole rings is 1. The van der Waals surface area contributed by atoms with Gasteiger partial charge in [-0.2, -0.15) is 23.1 Å². The molecule has 0 unspecified atom stereocenters. The van der Waals surface area contributed by atoms with Gasteiger partial charge in [0.25, 0.3) is 0 Å². The van der Waals surface area contributed by atoms with Crippen molar-refractivity contribution in [1.29, 1.82) is 0 Å². The van der Waals surface area contributed by atoms with E-state index in [0.29, 0.717) is 6.42 Å². The van der Waals surface area contributed by atoms with E-state index in [4.69, 9.17) is 26.8 Å². The van der Waals surface area contributed by atoms with E-state index in [2.05, 4.69) is 14.7 Å². The number of nitrogens with two attached hydrogens (primary N) is 1. The van der Waals surface area contributed by atoms with Crippen LogP contribution in [0.3, 0.4) is 0 Å². The van der Waals surface area contributed by atoms with Crippen molar-refractivity contribution in [2.45, 2.75) is 77.3 Å². The van der Waals surface area contributed by atoms with E-state index < -0.39 is 54.8 Å². The third kappa shape index (κ3) is 5.12. The Morgan fingerprint density at radius 1 is 1.29 bits per heavy atom. The maximum absolute atomic E-state index is 13.6. The number of aryl methyl sites for hydroxylation is 1. The van der Waals surface area contributed by atoms with Gasteiger partial charge in [0, 0.05) is 26.8 Å². The zero-order chi connectivity index (χ0) is 25.4. The quantitative estimate of drug-likeness (QED) is 0.439. The summed E-state index contributed by atoms with van der Waals surface area (Å²) in [6, 6.07) is 0. The first-order valence-electron chi connectivity index (χ1n) is 10.4. The first-order valence-corrected chi connectivity index (χ1v) is 10.7. The van der Waals surface area contributed by atoms with Gasteiger partial charge in [-0.25, -0.2) is 9.36 Å². The highest BCUT2D eigenvalue weighted by Crippen LogP contribution is 2.39. The Kier molecular flexibility index (Phi) is 7.41. The maximum Gasteiger partial charge on any atom is 0.428 e. The Morgan fingerprint density at radius 2 is 1.97 bits per heavy atom. The van der Waals surface area contributed by atoms with Gasteiger partial charge in [-0.3, -0.25) is 14.2 Å². The Balaban J connectivity index is 2.16. The number of nitrogen functional groups attached to an aromatic ring is 1. The van der Waals surface area contributed by atoms with E-state index in [1.54, 1.807) is 0 Å². The number of aromatic nitrogens is 4. The van der Waals surface area contributed by atoms with Gasteiger partial charge in [0.15, 0.2) is 17.0 Å². The number of hydrogen-bond donors (Lipinski definition) is 1. The van der Waals surface area contributed by atoms with Crippen LogP contribution in [0.15, 0.2) is 4.79 Å². The topological polar surface area (TPSA) is 141 Å². The molecule has 4 atom stereocenters. The van der Waals surface area contributed by atoms with Crippen LogP contribution in [-0.4, -0.2) is 55.5 Å². The van der Waals surface area contributed by atoms with Crippen molar-refractivity contribution in [2.75, 3.05) is 5.73 Å². The molecule has 0 aromatic carbocycles. The summed E-state index contributed by atoms with van der Waals surface area (Å²) in [5.41, 5.74) is 4.98. The summed E-state index contributed by atoms with van der Waals surface area (Å²) in [7, 11) is 0. The van der Waals surface area contributed by atoms with Gasteiger partial charge in [0.1, 0.15) is 17.7 Å². The van der Waals surface area contributed by atoms with E-state index in [-0.39, 0.29) is 28.8 Å². The van der Waals surface area contributed by atoms with E-state index >= 15 is 0 Å². The highest BCUT2D eigenvalue weighted by molar-refractivity contribution is 6.33. The van der Waals surface area contributed by atoms with E-state index in [1.807, 2.05) is 6.92 Å². The summed E-state index contributed by atoms with van der Waals surface area (Å²) in [5.74, 6) is -2.28. The van der Waals surface area contributed by atoms with Crippen LogP contribution >= 0.6 is 11.6 Å². The van der Waals surface area contributed by atoms with Crippen molar-refractivity contribution in [1.82, 2.24) is 19.1 Å². The molecule has 11 nitrogen and oxygen atoms in total. The van der Waals surface area contributed by atoms with Crippen LogP contribution in [0.2, 0.25) is 5.15 Å². The molecule has 0 bridgehead atoms. The number of nitrogens with zero attached hydrogens (tertiary/aromatic N) is 4. The van der Waals surface area contributed by atoms with Crippen LogP contribution in [0.5, 0.6) is 0 Å². The minimum Gasteiger partial charge on any atom is -0.458 e. The van der Waals surface area contributed by atoms with Crippen molar-refractivity contribution in [3.63, 3.8) is 0 Å². The highest BCUT2D eigenvalue weighted by Gasteiger charge is 2.54. The number of alkyl halides is 3. The summed E-state index contributed by atoms with van der Waals surface area (Å²) in [6.45, 7) is 3.98. The van der Waals surface area contributed by atoms with Crippen LogP contribution < -0.4 is 11.4 Å². The van der Waals surface area contributed by atoms with Crippen LogP contribution in [0.4, 0.5) is 19.1 Å². The molecule has 0 aliphatic carbocycles. The lowest BCUT2D eigenvalue weighted by Gasteiger charge is -2.25. The molecule has 2 N–H and O–H groups in total. The fraction of sp³-hybridized carbons (Fsp3) is 0.632. The molecule has 1 saturated heterocycles. The zero-order valence-electron chi connectivity index (χ0n) is 18.5. The van der Waals surface area contributed by atoms with Crippen LogP contribution in [0, 0.1) is 0 Å². The zero-order valence-corrected chi connectivity index (χ0v) is 19.2. The first-order chi connectivity index (χ1) is 15.8. The van der Waals surface area contributed by atoms with Gasteiger partial charge in [-0.15, -0.1) is 0 Å². The number of hydrogen-bond acceptors (Lipinski definition) is 9. The van der Waals surface area contributed by atoms with Gasteiger partial charge in [0.05, 0.1) is 0 Å². The third-order valence-electron chi connectivity index (χ3n) is 5.13. The molecule has 1 aliphatic rings. The number of fused-ring (bicyclic) bond motifs is 1. The number of unbranched alkanes of at least 4 members (excludes halogenated alkanes) is 1. The van der Waals surface area contributed by atoms with Gasteiger partial charge < -0.3 is 19.9 Å². The predicted octanol–water partition coefficient (Wildman–Crippen LogP) is 2.34. The normalized spacial score (nSPS) is 21.6. The molecule has 34 heavy (non-hydrogen) atoms. The summed E-state index contributed by atoms with van der Waals surface area (Å²) < 4.78 is 58.3. The Hall–Kier alpha value is -2.87. The van der Waals surface area contributed by atoms with Gasteiger partial charge >= 0.3 is 23.8 Å². The largest absolute Gasteiger partial charge is 0.458 e. The smallest absolute Gasteiger partial charge is 0.428 e. The molecule has 15 heteroatoms. The molecule has 2 aromatic heterocycles. The molecule has 0 saturated carbocycles. The Labute approximate surface area is 195 Å². The molecule has 3 rings (SSSR count). The molecule has 0 amide bonds. The van der Waals surface area contributed by atoms with Crippen LogP contribution in [-0.2, 0) is 30.3 Å². The monoisotopic (exact) mass is 509 g/mol. The number of carbonyl (C=O) groups excluding carboxylic acids is 2. The third-order valence-corrected chi connectivity index (χ3v) is 5.40. The minimum absolute atomic E-state index is 0.0996. The first kappa shape index (κ1) is 25.7. The predicted molar refractivity (Wildman–Crippen MR) is 112 cm³/mol. The van der Waals surface area contributed by atoms with Gasteiger partial charge in [0.2, 0.25) is 12.1 Å². The molecule has 0 radical (unpaired) electrons. The fourth-order valence-corrected chi connectivity index (χ4v) is 4.12. The number of esters is 2.